The molecule has 0 aliphatic rings. The van der Waals surface area contributed by atoms with Crippen LogP contribution in [0.25, 0.3) is 0 Å². The van der Waals surface area contributed by atoms with Crippen LogP contribution in [-0.2, 0) is 6.42 Å². The SMILES string of the molecule is CC.CCCCNCCNc1ccc(NN)c(CC)c1. The molecule has 0 aliphatic heterocycles. The molecular formula is C16H32N4. The highest BCUT2D eigenvalue weighted by atomic mass is 15.2. The molecular weight excluding hydrogens is 248 g/mol. The molecule has 0 atom stereocenters. The van der Waals surface area contributed by atoms with E-state index < -0.39 is 0 Å². The molecule has 4 nitrogen and oxygen atoms in total. The maximum absolute atomic E-state index is 5.46. The Labute approximate surface area is 124 Å². The van der Waals surface area contributed by atoms with Crippen molar-refractivity contribution in [3.05, 3.63) is 23.8 Å². The minimum atomic E-state index is 0.947. The second-order valence-electron chi connectivity index (χ2n) is 4.40. The van der Waals surface area contributed by atoms with Crippen molar-refractivity contribution in [3.8, 4) is 0 Å². The van der Waals surface area contributed by atoms with Crippen LogP contribution in [0, 0.1) is 0 Å². The molecule has 0 heterocycles. The predicted molar refractivity (Wildman–Crippen MR) is 91.2 cm³/mol. The van der Waals surface area contributed by atoms with Gasteiger partial charge in [-0.15, -0.1) is 0 Å². The highest BCUT2D eigenvalue weighted by Gasteiger charge is 2.00. The Bertz CT molecular complexity index is 339. The lowest BCUT2D eigenvalue weighted by Gasteiger charge is -2.12. The van der Waals surface area contributed by atoms with Gasteiger partial charge in [0.25, 0.3) is 0 Å². The number of hydrazine groups is 1. The first kappa shape index (κ1) is 18.7. The second-order valence-corrected chi connectivity index (χ2v) is 4.40. The first-order valence-corrected chi connectivity index (χ1v) is 7.86. The molecule has 0 amide bonds. The lowest BCUT2D eigenvalue weighted by atomic mass is 10.1. The van der Waals surface area contributed by atoms with E-state index in [9.17, 15) is 0 Å². The Morgan fingerprint density at radius 3 is 2.40 bits per heavy atom. The largest absolute Gasteiger partial charge is 0.384 e. The molecule has 20 heavy (non-hydrogen) atoms. The Morgan fingerprint density at radius 2 is 1.80 bits per heavy atom. The number of rotatable bonds is 9. The van der Waals surface area contributed by atoms with Gasteiger partial charge in [0.2, 0.25) is 0 Å². The van der Waals surface area contributed by atoms with Gasteiger partial charge in [-0.05, 0) is 43.1 Å². The lowest BCUT2D eigenvalue weighted by Crippen LogP contribution is -2.23. The van der Waals surface area contributed by atoms with Gasteiger partial charge in [-0.25, -0.2) is 0 Å². The monoisotopic (exact) mass is 280 g/mol. The Balaban J connectivity index is 0.00000172. The topological polar surface area (TPSA) is 62.1 Å². The zero-order chi connectivity index (χ0) is 15.2. The quantitative estimate of drug-likeness (QED) is 0.318. The maximum Gasteiger partial charge on any atom is 0.0518 e. The third kappa shape index (κ3) is 7.36. The molecule has 0 spiro atoms. The van der Waals surface area contributed by atoms with Crippen LogP contribution in [-0.4, -0.2) is 19.6 Å². The number of nitrogen functional groups attached to an aromatic ring is 1. The van der Waals surface area contributed by atoms with Crippen LogP contribution in [0.15, 0.2) is 18.2 Å². The van der Waals surface area contributed by atoms with Crippen molar-refractivity contribution in [2.75, 3.05) is 30.4 Å². The van der Waals surface area contributed by atoms with E-state index >= 15 is 0 Å². The molecule has 1 rings (SSSR count). The van der Waals surface area contributed by atoms with E-state index in [0.717, 1.165) is 37.4 Å². The van der Waals surface area contributed by atoms with Crippen molar-refractivity contribution in [1.29, 1.82) is 0 Å². The summed E-state index contributed by atoms with van der Waals surface area (Å²) < 4.78 is 0. The van der Waals surface area contributed by atoms with Gasteiger partial charge in [0.05, 0.1) is 5.69 Å². The lowest BCUT2D eigenvalue weighted by molar-refractivity contribution is 0.652. The number of benzene rings is 1. The molecule has 1 aromatic rings. The molecule has 0 fully saturated rings. The van der Waals surface area contributed by atoms with E-state index in [-0.39, 0.29) is 0 Å². The minimum absolute atomic E-state index is 0.947. The highest BCUT2D eigenvalue weighted by molar-refractivity contribution is 5.59. The molecule has 5 N–H and O–H groups in total. The fraction of sp³-hybridized carbons (Fsp3) is 0.625. The van der Waals surface area contributed by atoms with Crippen LogP contribution in [0.4, 0.5) is 11.4 Å². The van der Waals surface area contributed by atoms with Crippen LogP contribution in [0.5, 0.6) is 0 Å². The van der Waals surface area contributed by atoms with Crippen molar-refractivity contribution < 1.29 is 0 Å². The Hall–Kier alpha value is -1.26. The average molecular weight is 280 g/mol. The van der Waals surface area contributed by atoms with Gasteiger partial charge < -0.3 is 16.1 Å². The zero-order valence-corrected chi connectivity index (χ0v) is 13.6. The standard InChI is InChI=1S/C14H26N4.C2H6/c1-3-5-8-16-9-10-17-13-6-7-14(18-15)12(4-2)11-13;1-2/h6-7,11,16-18H,3-5,8-10,15H2,1-2H3;1-2H3. The third-order valence-corrected chi connectivity index (χ3v) is 2.98. The van der Waals surface area contributed by atoms with Crippen molar-refractivity contribution in [1.82, 2.24) is 5.32 Å². The van der Waals surface area contributed by atoms with E-state index in [2.05, 4.69) is 42.0 Å². The molecule has 0 unspecified atom stereocenters. The summed E-state index contributed by atoms with van der Waals surface area (Å²) in [6, 6.07) is 6.23. The summed E-state index contributed by atoms with van der Waals surface area (Å²) in [4.78, 5) is 0. The molecule has 0 aliphatic carbocycles. The van der Waals surface area contributed by atoms with Crippen molar-refractivity contribution in [2.24, 2.45) is 5.84 Å². The molecule has 0 aromatic heterocycles. The summed E-state index contributed by atoms with van der Waals surface area (Å²) in [5.74, 6) is 5.46. The van der Waals surface area contributed by atoms with Crippen LogP contribution < -0.4 is 21.9 Å². The second kappa shape index (κ2) is 12.8. The summed E-state index contributed by atoms with van der Waals surface area (Å²) >= 11 is 0. The van der Waals surface area contributed by atoms with Crippen LogP contribution in [0.2, 0.25) is 0 Å². The first-order chi connectivity index (χ1) is 9.81. The van der Waals surface area contributed by atoms with E-state index in [1.165, 1.54) is 18.4 Å². The van der Waals surface area contributed by atoms with Crippen molar-refractivity contribution >= 4 is 11.4 Å². The van der Waals surface area contributed by atoms with Crippen LogP contribution in [0.3, 0.4) is 0 Å². The summed E-state index contributed by atoms with van der Waals surface area (Å²) in [5, 5.41) is 6.83. The summed E-state index contributed by atoms with van der Waals surface area (Å²) in [5.41, 5.74) is 6.12. The molecule has 0 saturated carbocycles. The van der Waals surface area contributed by atoms with Gasteiger partial charge in [0.1, 0.15) is 0 Å². The average Bonchev–Trinajstić information content (AvgIpc) is 2.52. The number of aryl methyl sites for hydroxylation is 1. The number of hydrogen-bond acceptors (Lipinski definition) is 4. The van der Waals surface area contributed by atoms with E-state index in [0.29, 0.717) is 0 Å². The summed E-state index contributed by atoms with van der Waals surface area (Å²) in [6.45, 7) is 11.4. The summed E-state index contributed by atoms with van der Waals surface area (Å²) in [7, 11) is 0. The maximum atomic E-state index is 5.46. The van der Waals surface area contributed by atoms with Crippen LogP contribution in [0.1, 0.15) is 46.1 Å². The molecule has 0 bridgehead atoms. The Morgan fingerprint density at radius 1 is 1.05 bits per heavy atom. The van der Waals surface area contributed by atoms with Crippen LogP contribution >= 0.6 is 0 Å². The molecule has 4 heteroatoms. The summed E-state index contributed by atoms with van der Waals surface area (Å²) in [6.07, 6.45) is 3.47. The minimum Gasteiger partial charge on any atom is -0.384 e. The van der Waals surface area contributed by atoms with Gasteiger partial charge in [-0.2, -0.15) is 0 Å². The highest BCUT2D eigenvalue weighted by Crippen LogP contribution is 2.19. The molecule has 116 valence electrons. The molecule has 1 aromatic carbocycles. The molecule has 0 radical (unpaired) electrons. The van der Waals surface area contributed by atoms with E-state index in [1.807, 2.05) is 19.9 Å². The van der Waals surface area contributed by atoms with Gasteiger partial charge in [0.15, 0.2) is 0 Å². The first-order valence-electron chi connectivity index (χ1n) is 7.86. The smallest absolute Gasteiger partial charge is 0.0518 e. The van der Waals surface area contributed by atoms with Gasteiger partial charge in [0, 0.05) is 18.8 Å². The van der Waals surface area contributed by atoms with Gasteiger partial charge >= 0.3 is 0 Å². The number of nitrogens with two attached hydrogens (primary N) is 1. The van der Waals surface area contributed by atoms with E-state index in [4.69, 9.17) is 5.84 Å². The van der Waals surface area contributed by atoms with Crippen molar-refractivity contribution in [3.63, 3.8) is 0 Å². The fourth-order valence-corrected chi connectivity index (χ4v) is 1.86. The Kier molecular flexibility index (Phi) is 12.0. The number of nitrogens with one attached hydrogen (secondary N) is 3. The zero-order valence-electron chi connectivity index (χ0n) is 13.6. The number of unbranched alkanes of at least 4 members (excludes halogenated alkanes) is 1. The van der Waals surface area contributed by atoms with E-state index in [1.54, 1.807) is 0 Å². The normalized spacial score (nSPS) is 9.65. The molecule has 0 saturated heterocycles. The third-order valence-electron chi connectivity index (χ3n) is 2.98. The number of hydrogen-bond donors (Lipinski definition) is 4. The van der Waals surface area contributed by atoms with Gasteiger partial charge in [-0.1, -0.05) is 34.1 Å². The predicted octanol–water partition coefficient (Wildman–Crippen LogP) is 3.36. The van der Waals surface area contributed by atoms with Crippen molar-refractivity contribution in [2.45, 2.75) is 47.0 Å². The van der Waals surface area contributed by atoms with Gasteiger partial charge in [-0.3, -0.25) is 5.84 Å². The number of anilines is 2. The fourth-order valence-electron chi connectivity index (χ4n) is 1.86.